The minimum Gasteiger partial charge on any atom is -0.341 e. The normalized spacial score (nSPS) is 18.3. The van der Waals surface area contributed by atoms with E-state index in [1.165, 1.54) is 17.4 Å². The molecule has 0 aliphatic carbocycles. The SMILES string of the molecule is CC(C)(C)C(=O)N1CCCC(C(=O)Nc2nc3ccc(S(C)(=O)=O)cc3s2)C1. The molecule has 1 N–H and O–H groups in total. The van der Waals surface area contributed by atoms with Crippen LogP contribution >= 0.6 is 11.3 Å². The van der Waals surface area contributed by atoms with Gasteiger partial charge in [-0.1, -0.05) is 32.1 Å². The number of aromatic nitrogens is 1. The molecular formula is C19H25N3O4S2. The second-order valence-electron chi connectivity index (χ2n) is 8.25. The van der Waals surface area contributed by atoms with Crippen LogP contribution in [0.2, 0.25) is 0 Å². The fraction of sp³-hybridized carbons (Fsp3) is 0.526. The first-order valence-electron chi connectivity index (χ1n) is 9.16. The van der Waals surface area contributed by atoms with Crippen molar-refractivity contribution in [3.63, 3.8) is 0 Å². The highest BCUT2D eigenvalue weighted by Crippen LogP contribution is 2.29. The average molecular weight is 424 g/mol. The number of piperidine rings is 1. The van der Waals surface area contributed by atoms with Crippen molar-refractivity contribution in [2.75, 3.05) is 24.7 Å². The number of amides is 2. The van der Waals surface area contributed by atoms with Gasteiger partial charge in [-0.2, -0.15) is 0 Å². The molecule has 0 saturated carbocycles. The molecule has 1 atom stereocenters. The lowest BCUT2D eigenvalue weighted by molar-refractivity contribution is -0.142. The number of carbonyl (C=O) groups excluding carboxylic acids is 2. The quantitative estimate of drug-likeness (QED) is 0.819. The van der Waals surface area contributed by atoms with Gasteiger partial charge in [-0.25, -0.2) is 13.4 Å². The van der Waals surface area contributed by atoms with Gasteiger partial charge in [0.1, 0.15) is 0 Å². The Morgan fingerprint density at radius 3 is 2.64 bits per heavy atom. The van der Waals surface area contributed by atoms with Crippen molar-refractivity contribution in [2.45, 2.75) is 38.5 Å². The fourth-order valence-corrected chi connectivity index (χ4v) is 4.88. The van der Waals surface area contributed by atoms with Crippen molar-refractivity contribution >= 4 is 48.3 Å². The van der Waals surface area contributed by atoms with Gasteiger partial charge in [0.25, 0.3) is 0 Å². The van der Waals surface area contributed by atoms with Crippen molar-refractivity contribution < 1.29 is 18.0 Å². The monoisotopic (exact) mass is 423 g/mol. The van der Waals surface area contributed by atoms with E-state index in [2.05, 4.69) is 10.3 Å². The predicted octanol–water partition coefficient (Wildman–Crippen LogP) is 2.92. The summed E-state index contributed by atoms with van der Waals surface area (Å²) in [4.78, 5) is 31.6. The number of hydrogen-bond donors (Lipinski definition) is 1. The number of sulfone groups is 1. The van der Waals surface area contributed by atoms with Gasteiger partial charge in [-0.05, 0) is 31.0 Å². The van der Waals surface area contributed by atoms with Gasteiger partial charge in [-0.3, -0.25) is 9.59 Å². The highest BCUT2D eigenvalue weighted by molar-refractivity contribution is 7.90. The molecule has 0 radical (unpaired) electrons. The number of likely N-dealkylation sites (tertiary alicyclic amines) is 1. The molecule has 2 heterocycles. The standard InChI is InChI=1S/C19H25N3O4S2/c1-19(2,3)17(24)22-9-5-6-12(11-22)16(23)21-18-20-14-8-7-13(28(4,25)26)10-15(14)27-18/h7-8,10,12H,5-6,9,11H2,1-4H3,(H,20,21,23). The number of rotatable bonds is 3. The molecule has 3 rings (SSSR count). The summed E-state index contributed by atoms with van der Waals surface area (Å²) in [5, 5.41) is 3.27. The first-order valence-corrected chi connectivity index (χ1v) is 11.9. The molecule has 152 valence electrons. The Labute approximate surface area is 169 Å². The molecule has 1 saturated heterocycles. The Hall–Kier alpha value is -2.00. The fourth-order valence-electron chi connectivity index (χ4n) is 3.25. The zero-order chi connectivity index (χ0) is 20.7. The maximum Gasteiger partial charge on any atom is 0.231 e. The van der Waals surface area contributed by atoms with E-state index in [1.807, 2.05) is 20.8 Å². The van der Waals surface area contributed by atoms with Crippen LogP contribution in [-0.4, -0.2) is 49.5 Å². The third kappa shape index (κ3) is 4.52. The maximum atomic E-state index is 12.7. The van der Waals surface area contributed by atoms with E-state index in [-0.39, 0.29) is 22.6 Å². The molecule has 9 heteroatoms. The molecule has 1 aromatic heterocycles. The molecule has 1 unspecified atom stereocenters. The van der Waals surface area contributed by atoms with Crippen molar-refractivity contribution in [3.8, 4) is 0 Å². The molecule has 2 amide bonds. The van der Waals surface area contributed by atoms with E-state index in [0.717, 1.165) is 19.1 Å². The second-order valence-corrected chi connectivity index (χ2v) is 11.3. The largest absolute Gasteiger partial charge is 0.341 e. The Balaban J connectivity index is 1.73. The van der Waals surface area contributed by atoms with Crippen LogP contribution in [0.4, 0.5) is 5.13 Å². The first-order chi connectivity index (χ1) is 12.9. The molecule has 28 heavy (non-hydrogen) atoms. The lowest BCUT2D eigenvalue weighted by Gasteiger charge is -2.35. The van der Waals surface area contributed by atoms with Crippen molar-refractivity contribution in [3.05, 3.63) is 18.2 Å². The number of anilines is 1. The van der Waals surface area contributed by atoms with Crippen LogP contribution in [0, 0.1) is 11.3 Å². The summed E-state index contributed by atoms with van der Waals surface area (Å²) in [6.45, 7) is 6.72. The second kappa shape index (κ2) is 7.44. The topological polar surface area (TPSA) is 96.4 Å². The van der Waals surface area contributed by atoms with E-state index in [4.69, 9.17) is 0 Å². The molecule has 7 nitrogen and oxygen atoms in total. The lowest BCUT2D eigenvalue weighted by Crippen LogP contribution is -2.47. The molecule has 0 bridgehead atoms. The lowest BCUT2D eigenvalue weighted by atomic mass is 9.91. The third-order valence-electron chi connectivity index (χ3n) is 4.74. The third-order valence-corrected chi connectivity index (χ3v) is 6.78. The average Bonchev–Trinajstić information content (AvgIpc) is 3.01. The summed E-state index contributed by atoms with van der Waals surface area (Å²) in [6, 6.07) is 4.73. The van der Waals surface area contributed by atoms with E-state index in [9.17, 15) is 18.0 Å². The van der Waals surface area contributed by atoms with E-state index >= 15 is 0 Å². The van der Waals surface area contributed by atoms with E-state index < -0.39 is 15.3 Å². The Morgan fingerprint density at radius 1 is 1.29 bits per heavy atom. The summed E-state index contributed by atoms with van der Waals surface area (Å²) in [6.07, 6.45) is 2.67. The van der Waals surface area contributed by atoms with Gasteiger partial charge in [0.2, 0.25) is 11.8 Å². The summed E-state index contributed by atoms with van der Waals surface area (Å²) >= 11 is 1.24. The van der Waals surface area contributed by atoms with Crippen molar-refractivity contribution in [1.82, 2.24) is 9.88 Å². The van der Waals surface area contributed by atoms with E-state index in [1.54, 1.807) is 17.0 Å². The van der Waals surface area contributed by atoms with Crippen LogP contribution in [-0.2, 0) is 19.4 Å². The summed E-state index contributed by atoms with van der Waals surface area (Å²) < 4.78 is 24.1. The van der Waals surface area contributed by atoms with Gasteiger partial charge in [0, 0.05) is 24.8 Å². The van der Waals surface area contributed by atoms with Crippen molar-refractivity contribution in [1.29, 1.82) is 0 Å². The summed E-state index contributed by atoms with van der Waals surface area (Å²) in [5.41, 5.74) is 0.170. The number of nitrogens with one attached hydrogen (secondary N) is 1. The number of hydrogen-bond acceptors (Lipinski definition) is 6. The Kier molecular flexibility index (Phi) is 5.51. The van der Waals surface area contributed by atoms with Crippen LogP contribution in [0.25, 0.3) is 10.2 Å². The maximum absolute atomic E-state index is 12.7. The first kappa shape index (κ1) is 20.7. The predicted molar refractivity (Wildman–Crippen MR) is 110 cm³/mol. The summed E-state index contributed by atoms with van der Waals surface area (Å²) in [7, 11) is -3.30. The highest BCUT2D eigenvalue weighted by atomic mass is 32.2. The number of benzene rings is 1. The van der Waals surface area contributed by atoms with Crippen LogP contribution in [0.1, 0.15) is 33.6 Å². The summed E-state index contributed by atoms with van der Waals surface area (Å²) in [5.74, 6) is -0.384. The number of carbonyl (C=O) groups is 2. The Bertz CT molecular complexity index is 1020. The van der Waals surface area contributed by atoms with Gasteiger partial charge in [0.05, 0.1) is 21.0 Å². The molecule has 1 aromatic carbocycles. The molecule has 2 aromatic rings. The minimum atomic E-state index is -3.30. The molecule has 1 aliphatic heterocycles. The number of thiazole rings is 1. The minimum absolute atomic E-state index is 0.0540. The smallest absolute Gasteiger partial charge is 0.231 e. The highest BCUT2D eigenvalue weighted by Gasteiger charge is 2.33. The van der Waals surface area contributed by atoms with Crippen LogP contribution in [0.5, 0.6) is 0 Å². The van der Waals surface area contributed by atoms with Crippen molar-refractivity contribution in [2.24, 2.45) is 11.3 Å². The van der Waals surface area contributed by atoms with Crippen LogP contribution in [0.3, 0.4) is 0 Å². The number of nitrogens with zero attached hydrogens (tertiary/aromatic N) is 2. The zero-order valence-electron chi connectivity index (χ0n) is 16.5. The van der Waals surface area contributed by atoms with Crippen LogP contribution in [0.15, 0.2) is 23.1 Å². The van der Waals surface area contributed by atoms with Crippen LogP contribution < -0.4 is 5.32 Å². The molecular weight excluding hydrogens is 398 g/mol. The molecule has 1 aliphatic rings. The Morgan fingerprint density at radius 2 is 2.00 bits per heavy atom. The molecule has 0 spiro atoms. The van der Waals surface area contributed by atoms with E-state index in [0.29, 0.717) is 28.4 Å². The number of fused-ring (bicyclic) bond motifs is 1. The zero-order valence-corrected chi connectivity index (χ0v) is 18.1. The van der Waals surface area contributed by atoms with Gasteiger partial charge >= 0.3 is 0 Å². The van der Waals surface area contributed by atoms with Gasteiger partial charge in [-0.15, -0.1) is 0 Å². The molecule has 1 fully saturated rings. The van der Waals surface area contributed by atoms with Gasteiger partial charge < -0.3 is 10.2 Å². The van der Waals surface area contributed by atoms with Gasteiger partial charge in [0.15, 0.2) is 15.0 Å².